The van der Waals surface area contributed by atoms with Gasteiger partial charge in [-0.15, -0.1) is 0 Å². The summed E-state index contributed by atoms with van der Waals surface area (Å²) < 4.78 is 15.3. The SMILES string of the molecule is CCS(=O)(=S)Nc1cncc(-c2ccc3[nH]nc(-c4nc5c(-c6cccnc6)cccc5[nH]4)c3c2)c1. The van der Waals surface area contributed by atoms with Gasteiger partial charge in [0, 0.05) is 57.6 Å². The summed E-state index contributed by atoms with van der Waals surface area (Å²) in [6.45, 7) is 1.80. The van der Waals surface area contributed by atoms with Crippen molar-refractivity contribution in [2.24, 2.45) is 0 Å². The van der Waals surface area contributed by atoms with E-state index in [1.165, 1.54) is 0 Å². The molecule has 0 spiro atoms. The lowest BCUT2D eigenvalue weighted by Gasteiger charge is -2.10. The number of imidazole rings is 1. The molecule has 1 unspecified atom stereocenters. The van der Waals surface area contributed by atoms with Gasteiger partial charge in [0.1, 0.15) is 14.4 Å². The van der Waals surface area contributed by atoms with Crippen molar-refractivity contribution < 1.29 is 4.21 Å². The first kappa shape index (κ1) is 22.3. The topological polar surface area (TPSA) is 112 Å². The maximum atomic E-state index is 12.4. The maximum Gasteiger partial charge on any atom is 0.159 e. The van der Waals surface area contributed by atoms with Gasteiger partial charge in [-0.25, -0.2) is 9.19 Å². The average molecular weight is 512 g/mol. The van der Waals surface area contributed by atoms with Crippen molar-refractivity contribution in [3.05, 3.63) is 79.4 Å². The zero-order valence-electron chi connectivity index (χ0n) is 19.2. The largest absolute Gasteiger partial charge is 0.337 e. The van der Waals surface area contributed by atoms with Crippen molar-refractivity contribution in [3.63, 3.8) is 0 Å². The molecule has 0 aliphatic rings. The van der Waals surface area contributed by atoms with Crippen LogP contribution in [0.15, 0.2) is 79.4 Å². The summed E-state index contributed by atoms with van der Waals surface area (Å²) in [5, 5.41) is 8.60. The number of H-pyrrole nitrogens is 2. The highest BCUT2D eigenvalue weighted by Gasteiger charge is 2.16. The molecule has 4 heterocycles. The van der Waals surface area contributed by atoms with Crippen molar-refractivity contribution in [1.82, 2.24) is 30.1 Å². The van der Waals surface area contributed by atoms with Crippen LogP contribution in [-0.2, 0) is 19.9 Å². The van der Waals surface area contributed by atoms with Crippen LogP contribution < -0.4 is 4.72 Å². The van der Waals surface area contributed by atoms with E-state index in [9.17, 15) is 4.21 Å². The summed E-state index contributed by atoms with van der Waals surface area (Å²) in [4.78, 5) is 16.9. The second-order valence-corrected chi connectivity index (χ2v) is 12.0. The Morgan fingerprint density at radius 3 is 2.67 bits per heavy atom. The van der Waals surface area contributed by atoms with E-state index in [1.807, 2.05) is 54.7 Å². The van der Waals surface area contributed by atoms with E-state index in [-0.39, 0.29) is 0 Å². The van der Waals surface area contributed by atoms with E-state index in [4.69, 9.17) is 16.2 Å². The summed E-state index contributed by atoms with van der Waals surface area (Å²) >= 11 is 5.14. The summed E-state index contributed by atoms with van der Waals surface area (Å²) in [6, 6.07) is 17.9. The number of anilines is 1. The Morgan fingerprint density at radius 2 is 1.83 bits per heavy atom. The molecule has 0 aliphatic carbocycles. The van der Waals surface area contributed by atoms with Gasteiger partial charge < -0.3 is 9.71 Å². The van der Waals surface area contributed by atoms with E-state index in [0.717, 1.165) is 49.9 Å². The molecule has 0 radical (unpaired) electrons. The molecule has 6 rings (SSSR count). The third-order valence-corrected chi connectivity index (χ3v) is 8.26. The molecule has 178 valence electrons. The highest BCUT2D eigenvalue weighted by molar-refractivity contribution is 8.33. The smallest absolute Gasteiger partial charge is 0.159 e. The number of para-hydroxylation sites is 1. The van der Waals surface area contributed by atoms with Gasteiger partial charge in [-0.05, 0) is 35.9 Å². The molecule has 36 heavy (non-hydrogen) atoms. The van der Waals surface area contributed by atoms with Crippen molar-refractivity contribution in [3.8, 4) is 33.8 Å². The molecule has 0 amide bonds. The first-order chi connectivity index (χ1) is 17.5. The van der Waals surface area contributed by atoms with Crippen molar-refractivity contribution in [1.29, 1.82) is 0 Å². The predicted molar refractivity (Wildman–Crippen MR) is 147 cm³/mol. The quantitative estimate of drug-likeness (QED) is 0.279. The first-order valence-corrected chi connectivity index (χ1v) is 14.0. The minimum absolute atomic E-state index is 0.358. The van der Waals surface area contributed by atoms with Gasteiger partial charge in [0.15, 0.2) is 5.82 Å². The number of aromatic nitrogens is 6. The number of nitrogens with zero attached hydrogens (tertiary/aromatic N) is 4. The molecule has 1 atom stereocenters. The molecule has 0 aliphatic heterocycles. The minimum atomic E-state index is -2.56. The fraction of sp³-hybridized carbons (Fsp3) is 0.0769. The Labute approximate surface area is 212 Å². The summed E-state index contributed by atoms with van der Waals surface area (Å²) in [6.07, 6.45) is 6.99. The second-order valence-electron chi connectivity index (χ2n) is 8.33. The zero-order chi connectivity index (χ0) is 24.7. The normalized spacial score (nSPS) is 13.1. The number of fused-ring (bicyclic) bond motifs is 2. The maximum absolute atomic E-state index is 12.4. The van der Waals surface area contributed by atoms with Gasteiger partial charge in [0.2, 0.25) is 0 Å². The van der Waals surface area contributed by atoms with Crippen molar-refractivity contribution in [2.75, 3.05) is 10.5 Å². The molecule has 0 saturated heterocycles. The van der Waals surface area contributed by atoms with E-state index >= 15 is 0 Å². The standard InChI is InChI=1S/C26H21N7OS2/c1-2-36(34,35)33-19-11-18(14-28-15-19)16-8-9-22-21(12-16)25(32-31-22)26-29-23-7-3-6-20(24(23)30-26)17-5-4-10-27-13-17/h3-15,33H,2H2,1H3,(H,29,30)(H,31,32). The van der Waals surface area contributed by atoms with Crippen molar-refractivity contribution >= 4 is 47.5 Å². The number of rotatable bonds is 6. The zero-order valence-corrected chi connectivity index (χ0v) is 20.9. The molecule has 6 aromatic rings. The number of aromatic amines is 2. The number of pyridine rings is 2. The van der Waals surface area contributed by atoms with Crippen LogP contribution in [0.5, 0.6) is 0 Å². The first-order valence-electron chi connectivity index (χ1n) is 11.3. The fourth-order valence-corrected chi connectivity index (χ4v) is 5.08. The highest BCUT2D eigenvalue weighted by atomic mass is 32.8. The number of benzene rings is 2. The van der Waals surface area contributed by atoms with E-state index in [0.29, 0.717) is 17.3 Å². The Balaban J connectivity index is 1.43. The van der Waals surface area contributed by atoms with Crippen LogP contribution in [0.2, 0.25) is 0 Å². The van der Waals surface area contributed by atoms with Gasteiger partial charge in [0.05, 0.1) is 28.4 Å². The summed E-state index contributed by atoms with van der Waals surface area (Å²) in [5.41, 5.74) is 7.85. The fourth-order valence-electron chi connectivity index (χ4n) is 4.18. The van der Waals surface area contributed by atoms with Crippen LogP contribution >= 0.6 is 0 Å². The van der Waals surface area contributed by atoms with Gasteiger partial charge >= 0.3 is 0 Å². The van der Waals surface area contributed by atoms with Crippen LogP contribution in [0.25, 0.3) is 55.7 Å². The third-order valence-electron chi connectivity index (χ3n) is 6.00. The van der Waals surface area contributed by atoms with Crippen LogP contribution in [-0.4, -0.2) is 40.1 Å². The Kier molecular flexibility index (Phi) is 5.46. The van der Waals surface area contributed by atoms with Crippen LogP contribution in [0.3, 0.4) is 0 Å². The summed E-state index contributed by atoms with van der Waals surface area (Å²) in [7, 11) is -2.56. The second kappa shape index (κ2) is 8.81. The molecule has 3 N–H and O–H groups in total. The molecule has 4 aromatic heterocycles. The minimum Gasteiger partial charge on any atom is -0.337 e. The Morgan fingerprint density at radius 1 is 0.944 bits per heavy atom. The molecule has 0 saturated carbocycles. The lowest BCUT2D eigenvalue weighted by molar-refractivity contribution is 0.686. The summed E-state index contributed by atoms with van der Waals surface area (Å²) in [5.74, 6) is 1.03. The molecule has 0 fully saturated rings. The highest BCUT2D eigenvalue weighted by Crippen LogP contribution is 2.33. The average Bonchev–Trinajstić information content (AvgIpc) is 3.52. The van der Waals surface area contributed by atoms with Crippen LogP contribution in [0.4, 0.5) is 5.69 Å². The Bertz CT molecular complexity index is 1830. The lowest BCUT2D eigenvalue weighted by Crippen LogP contribution is -2.13. The molecule has 8 nitrogen and oxygen atoms in total. The monoisotopic (exact) mass is 511 g/mol. The van der Waals surface area contributed by atoms with Gasteiger partial charge in [-0.3, -0.25) is 15.1 Å². The lowest BCUT2D eigenvalue weighted by atomic mass is 10.0. The molecular formula is C26H21N7OS2. The molecule has 2 aromatic carbocycles. The Hall–Kier alpha value is -4.15. The number of nitrogens with one attached hydrogen (secondary N) is 3. The van der Waals surface area contributed by atoms with Gasteiger partial charge in [0.25, 0.3) is 0 Å². The van der Waals surface area contributed by atoms with Crippen LogP contribution in [0, 0.1) is 0 Å². The molecular weight excluding hydrogens is 490 g/mol. The number of hydrogen-bond acceptors (Lipinski definition) is 6. The molecule has 0 bridgehead atoms. The van der Waals surface area contributed by atoms with E-state index in [2.05, 4.69) is 35.9 Å². The van der Waals surface area contributed by atoms with E-state index < -0.39 is 8.68 Å². The van der Waals surface area contributed by atoms with Gasteiger partial charge in [-0.2, -0.15) is 5.10 Å². The van der Waals surface area contributed by atoms with E-state index in [1.54, 1.807) is 25.5 Å². The predicted octanol–water partition coefficient (Wildman–Crippen LogP) is 5.32. The van der Waals surface area contributed by atoms with Crippen molar-refractivity contribution in [2.45, 2.75) is 6.92 Å². The van der Waals surface area contributed by atoms with Crippen LogP contribution in [0.1, 0.15) is 6.92 Å². The number of hydrogen-bond donors (Lipinski definition) is 3. The van der Waals surface area contributed by atoms with Gasteiger partial charge in [-0.1, -0.05) is 31.2 Å². The third kappa shape index (κ3) is 4.10. The molecule has 10 heteroatoms.